The van der Waals surface area contributed by atoms with Crippen molar-refractivity contribution in [2.45, 2.75) is 6.42 Å². The van der Waals surface area contributed by atoms with Crippen molar-refractivity contribution >= 4 is 17.6 Å². The number of nitrogens with two attached hydrogens (primary N) is 3. The van der Waals surface area contributed by atoms with E-state index in [9.17, 15) is 14.0 Å². The smallest absolute Gasteiger partial charge is 0.255 e. The summed E-state index contributed by atoms with van der Waals surface area (Å²) in [7, 11) is 0. The van der Waals surface area contributed by atoms with E-state index in [1.54, 1.807) is 0 Å². The van der Waals surface area contributed by atoms with Crippen molar-refractivity contribution in [2.24, 2.45) is 22.5 Å². The van der Waals surface area contributed by atoms with Gasteiger partial charge in [-0.1, -0.05) is 0 Å². The van der Waals surface area contributed by atoms with E-state index in [0.29, 0.717) is 5.56 Å². The van der Waals surface area contributed by atoms with Crippen LogP contribution in [0.5, 0.6) is 0 Å². The number of aromatic nitrogens is 2. The monoisotopic (exact) mass is 348 g/mol. The average Bonchev–Trinajstić information content (AvgIpc) is 3.06. The summed E-state index contributed by atoms with van der Waals surface area (Å²) in [5.74, 6) is 8.98. The lowest BCUT2D eigenvalue weighted by atomic mass is 10.0. The lowest BCUT2D eigenvalue weighted by Crippen LogP contribution is -2.32. The third kappa shape index (κ3) is 4.09. The summed E-state index contributed by atoms with van der Waals surface area (Å²) < 4.78 is 14.2. The maximum absolute atomic E-state index is 14.2. The minimum atomic E-state index is -0.590. The number of rotatable bonds is 6. The van der Waals surface area contributed by atoms with Crippen LogP contribution in [0.25, 0.3) is 11.3 Å². The van der Waals surface area contributed by atoms with Crippen molar-refractivity contribution in [2.75, 3.05) is 6.54 Å². The number of aromatic amines is 1. The Morgan fingerprint density at radius 3 is 2.76 bits per heavy atom. The van der Waals surface area contributed by atoms with Gasteiger partial charge in [0.2, 0.25) is 5.91 Å². The highest BCUT2D eigenvalue weighted by Crippen LogP contribution is 2.25. The molecule has 0 aliphatic carbocycles. The zero-order chi connectivity index (χ0) is 18.4. The molecule has 2 rings (SSSR count). The molecule has 0 bridgehead atoms. The van der Waals surface area contributed by atoms with Gasteiger partial charge in [0.25, 0.3) is 5.91 Å². The number of amides is 2. The fraction of sp³-hybridized carbons (Fsp3) is 0.143. The van der Waals surface area contributed by atoms with Crippen molar-refractivity contribution in [3.63, 3.8) is 0 Å². The van der Waals surface area contributed by atoms with Crippen LogP contribution < -0.4 is 28.2 Å². The lowest BCUT2D eigenvalue weighted by molar-refractivity contribution is -0.117. The molecule has 0 atom stereocenters. The van der Waals surface area contributed by atoms with E-state index in [0.717, 1.165) is 0 Å². The largest absolute Gasteiger partial charge is 0.370 e. The van der Waals surface area contributed by atoms with Gasteiger partial charge in [-0.05, 0) is 18.2 Å². The van der Waals surface area contributed by atoms with Crippen LogP contribution in [0.1, 0.15) is 22.3 Å². The van der Waals surface area contributed by atoms with Crippen molar-refractivity contribution in [3.8, 4) is 11.3 Å². The summed E-state index contributed by atoms with van der Waals surface area (Å²) in [6.07, 6.45) is 1.24. The molecule has 1 aromatic heterocycles. The number of primary amides is 1. The first-order valence-electron chi connectivity index (χ1n) is 7.12. The normalized spacial score (nSPS) is 11.2. The molecule has 0 aliphatic rings. The Labute approximate surface area is 141 Å². The Balaban J connectivity index is 2.34. The summed E-state index contributed by atoms with van der Waals surface area (Å²) in [5, 5.41) is 12.3. The van der Waals surface area contributed by atoms with Crippen LogP contribution in [0.15, 0.2) is 29.5 Å². The van der Waals surface area contributed by atoms with Crippen LogP contribution in [0.2, 0.25) is 0 Å². The Morgan fingerprint density at radius 2 is 2.12 bits per heavy atom. The fourth-order valence-electron chi connectivity index (χ4n) is 2.12. The summed E-state index contributed by atoms with van der Waals surface area (Å²) >= 11 is 0. The highest BCUT2D eigenvalue weighted by Gasteiger charge is 2.19. The number of benzene rings is 1. The fourth-order valence-corrected chi connectivity index (χ4v) is 2.12. The predicted octanol–water partition coefficient (Wildman–Crippen LogP) is -1.10. The second kappa shape index (κ2) is 7.88. The molecule has 25 heavy (non-hydrogen) atoms. The minimum Gasteiger partial charge on any atom is -0.370 e. The molecule has 0 aliphatic heterocycles. The van der Waals surface area contributed by atoms with E-state index in [4.69, 9.17) is 17.4 Å². The molecule has 132 valence electrons. The molecule has 11 heteroatoms. The van der Waals surface area contributed by atoms with Gasteiger partial charge in [-0.25, -0.2) is 10.2 Å². The van der Waals surface area contributed by atoms with Gasteiger partial charge in [0.15, 0.2) is 5.84 Å². The van der Waals surface area contributed by atoms with Gasteiger partial charge in [-0.2, -0.15) is 10.2 Å². The second-order valence-corrected chi connectivity index (χ2v) is 4.95. The first kappa shape index (κ1) is 17.9. The Hall–Kier alpha value is -3.47. The molecule has 10 nitrogen and oxygen atoms in total. The number of hydrazone groups is 1. The summed E-state index contributed by atoms with van der Waals surface area (Å²) in [6, 6.07) is 4.02. The average molecular weight is 348 g/mol. The molecular formula is C14H17FN8O2. The molecule has 1 aromatic carbocycles. The van der Waals surface area contributed by atoms with Gasteiger partial charge in [0.05, 0.1) is 17.5 Å². The van der Waals surface area contributed by atoms with E-state index in [2.05, 4.69) is 26.0 Å². The third-order valence-corrected chi connectivity index (χ3v) is 3.32. The zero-order valence-electron chi connectivity index (χ0n) is 13.0. The van der Waals surface area contributed by atoms with Crippen LogP contribution in [0.4, 0.5) is 4.39 Å². The van der Waals surface area contributed by atoms with Crippen LogP contribution >= 0.6 is 0 Å². The standard InChI is InChI=1S/C14H17FN8O2/c15-10-2-1-7(13(21-17)22-18)5-8(10)12-9(6-20-23-12)14(25)19-4-3-11(16)24/h1-2,5-6H,3-4,17-18H2,(H2,16,24)(H,19,25)(H,20,23)(H,21,22). The highest BCUT2D eigenvalue weighted by atomic mass is 19.1. The maximum Gasteiger partial charge on any atom is 0.255 e. The quantitative estimate of drug-likeness (QED) is 0.167. The number of H-pyrrole nitrogens is 1. The number of amidine groups is 1. The third-order valence-electron chi connectivity index (χ3n) is 3.32. The van der Waals surface area contributed by atoms with Gasteiger partial charge in [-0.3, -0.25) is 14.7 Å². The summed E-state index contributed by atoms with van der Waals surface area (Å²) in [6.45, 7) is 0.0579. The first-order valence-corrected chi connectivity index (χ1v) is 7.12. The van der Waals surface area contributed by atoms with E-state index < -0.39 is 17.6 Å². The summed E-state index contributed by atoms with van der Waals surface area (Å²) in [5.41, 5.74) is 8.05. The van der Waals surface area contributed by atoms with Gasteiger partial charge in [0, 0.05) is 24.1 Å². The zero-order valence-corrected chi connectivity index (χ0v) is 13.0. The van der Waals surface area contributed by atoms with Gasteiger partial charge < -0.3 is 22.3 Å². The Kier molecular flexibility index (Phi) is 5.63. The van der Waals surface area contributed by atoms with E-state index in [1.165, 1.54) is 24.4 Å². The molecular weight excluding hydrogens is 331 g/mol. The number of nitrogens with one attached hydrogen (secondary N) is 3. The number of nitrogens with zero attached hydrogens (tertiary/aromatic N) is 2. The molecule has 1 heterocycles. The van der Waals surface area contributed by atoms with E-state index in [1.807, 2.05) is 0 Å². The number of carbonyl (C=O) groups is 2. The molecule has 0 saturated heterocycles. The van der Waals surface area contributed by atoms with E-state index in [-0.39, 0.29) is 35.6 Å². The van der Waals surface area contributed by atoms with Crippen molar-refractivity contribution in [1.82, 2.24) is 20.9 Å². The lowest BCUT2D eigenvalue weighted by Gasteiger charge is -2.09. The molecule has 0 radical (unpaired) electrons. The number of carbonyl (C=O) groups excluding carboxylic acids is 2. The number of hydrazine groups is 1. The molecule has 9 N–H and O–H groups in total. The van der Waals surface area contributed by atoms with Crippen LogP contribution in [-0.4, -0.2) is 34.4 Å². The molecule has 2 amide bonds. The first-order chi connectivity index (χ1) is 12.0. The topological polar surface area (TPSA) is 177 Å². The SMILES string of the molecule is NN=C(NN)c1ccc(F)c(-c2[nH]ncc2C(=O)NCCC(N)=O)c1. The molecule has 0 spiro atoms. The van der Waals surface area contributed by atoms with Crippen molar-refractivity contribution in [1.29, 1.82) is 0 Å². The second-order valence-electron chi connectivity index (χ2n) is 4.95. The molecule has 2 aromatic rings. The Morgan fingerprint density at radius 1 is 1.36 bits per heavy atom. The number of halogens is 1. The summed E-state index contributed by atoms with van der Waals surface area (Å²) in [4.78, 5) is 22.9. The molecule has 0 fully saturated rings. The minimum absolute atomic E-state index is 0.0126. The van der Waals surface area contributed by atoms with Crippen molar-refractivity contribution < 1.29 is 14.0 Å². The van der Waals surface area contributed by atoms with Crippen molar-refractivity contribution in [3.05, 3.63) is 41.3 Å². The number of hydrogen-bond acceptors (Lipinski definition) is 6. The Bertz CT molecular complexity index is 817. The molecule has 0 unspecified atom stereocenters. The molecule has 0 saturated carbocycles. The van der Waals surface area contributed by atoms with Crippen LogP contribution in [-0.2, 0) is 4.79 Å². The van der Waals surface area contributed by atoms with Crippen LogP contribution in [0, 0.1) is 5.82 Å². The highest BCUT2D eigenvalue weighted by molar-refractivity contribution is 6.02. The maximum atomic E-state index is 14.2. The van der Waals surface area contributed by atoms with Crippen LogP contribution in [0.3, 0.4) is 0 Å². The van der Waals surface area contributed by atoms with Gasteiger partial charge in [-0.15, -0.1) is 0 Å². The number of hydrogen-bond donors (Lipinski definition) is 6. The predicted molar refractivity (Wildman–Crippen MR) is 88.2 cm³/mol. The van der Waals surface area contributed by atoms with Gasteiger partial charge >= 0.3 is 0 Å². The van der Waals surface area contributed by atoms with E-state index >= 15 is 0 Å². The van der Waals surface area contributed by atoms with Gasteiger partial charge in [0.1, 0.15) is 5.82 Å².